The van der Waals surface area contributed by atoms with Gasteiger partial charge in [0.15, 0.2) is 0 Å². The third-order valence-corrected chi connectivity index (χ3v) is 2.61. The molecule has 0 aliphatic carbocycles. The minimum Gasteiger partial charge on any atom is -0.336 e. The third-order valence-electron chi connectivity index (χ3n) is 2.31. The second-order valence-corrected chi connectivity index (χ2v) is 3.96. The molecular formula is C12H10ClFN4O. The fraction of sp³-hybridized carbons (Fsp3) is 0.333. The van der Waals surface area contributed by atoms with Gasteiger partial charge in [0.1, 0.15) is 11.0 Å². The lowest BCUT2D eigenvalue weighted by Gasteiger charge is -2.20. The van der Waals surface area contributed by atoms with Crippen molar-refractivity contribution in [2.75, 3.05) is 13.1 Å². The van der Waals surface area contributed by atoms with E-state index in [1.54, 1.807) is 0 Å². The third kappa shape index (κ3) is 4.20. The lowest BCUT2D eigenvalue weighted by atomic mass is 10.2. The maximum atomic E-state index is 13.1. The molecule has 0 aromatic carbocycles. The number of carbonyl (C=O) groups excluding carboxylic acids is 1. The molecule has 0 saturated carbocycles. The van der Waals surface area contributed by atoms with E-state index < -0.39 is 11.7 Å². The summed E-state index contributed by atoms with van der Waals surface area (Å²) in [6.45, 7) is 0.313. The van der Waals surface area contributed by atoms with Gasteiger partial charge in [0.05, 0.1) is 36.7 Å². The zero-order chi connectivity index (χ0) is 14.3. The zero-order valence-electron chi connectivity index (χ0n) is 9.94. The van der Waals surface area contributed by atoms with Crippen LogP contribution in [-0.4, -0.2) is 28.9 Å². The highest BCUT2D eigenvalue weighted by Crippen LogP contribution is 2.16. The van der Waals surface area contributed by atoms with E-state index in [0.29, 0.717) is 0 Å². The largest absolute Gasteiger partial charge is 0.336 e. The summed E-state index contributed by atoms with van der Waals surface area (Å²) in [4.78, 5) is 17.0. The van der Waals surface area contributed by atoms with Crippen LogP contribution in [0.5, 0.6) is 0 Å². The minimum absolute atomic E-state index is 0.0717. The smallest absolute Gasteiger partial charge is 0.257 e. The number of nitriles is 2. The Morgan fingerprint density at radius 2 is 1.95 bits per heavy atom. The molecule has 0 bridgehead atoms. The summed E-state index contributed by atoms with van der Waals surface area (Å²) in [7, 11) is 0. The molecule has 1 heterocycles. The summed E-state index contributed by atoms with van der Waals surface area (Å²) in [6, 6.07) is 4.80. The van der Waals surface area contributed by atoms with Crippen LogP contribution < -0.4 is 0 Å². The van der Waals surface area contributed by atoms with Gasteiger partial charge in [-0.25, -0.2) is 9.37 Å². The van der Waals surface area contributed by atoms with E-state index in [-0.39, 0.29) is 36.6 Å². The van der Waals surface area contributed by atoms with Gasteiger partial charge in [-0.1, -0.05) is 11.6 Å². The number of aromatic nitrogens is 1. The predicted octanol–water partition coefficient (Wildman–Crippen LogP) is 2.14. The Kier molecular flexibility index (Phi) is 5.72. The van der Waals surface area contributed by atoms with Gasteiger partial charge in [-0.15, -0.1) is 0 Å². The van der Waals surface area contributed by atoms with Crippen molar-refractivity contribution in [2.45, 2.75) is 12.8 Å². The van der Waals surface area contributed by atoms with Crippen LogP contribution in [-0.2, 0) is 0 Å². The molecule has 1 amide bonds. The average Bonchev–Trinajstić information content (AvgIpc) is 2.41. The van der Waals surface area contributed by atoms with Gasteiger partial charge in [-0.05, 0) is 6.07 Å². The SMILES string of the molecule is N#CCCN(CCC#N)C(=O)c1cc(F)cnc1Cl. The van der Waals surface area contributed by atoms with Crippen LogP contribution in [0.25, 0.3) is 0 Å². The molecule has 1 aromatic rings. The molecule has 0 unspecified atom stereocenters. The van der Waals surface area contributed by atoms with Crippen molar-refractivity contribution < 1.29 is 9.18 Å². The van der Waals surface area contributed by atoms with Crippen molar-refractivity contribution in [1.82, 2.24) is 9.88 Å². The van der Waals surface area contributed by atoms with Crippen LogP contribution in [0.3, 0.4) is 0 Å². The Labute approximate surface area is 114 Å². The first-order valence-electron chi connectivity index (χ1n) is 5.44. The first kappa shape index (κ1) is 14.9. The second kappa shape index (κ2) is 7.30. The number of amides is 1. The molecule has 0 aliphatic heterocycles. The van der Waals surface area contributed by atoms with Crippen LogP contribution in [0, 0.1) is 28.5 Å². The monoisotopic (exact) mass is 280 g/mol. The highest BCUT2D eigenvalue weighted by Gasteiger charge is 2.19. The summed E-state index contributed by atoms with van der Waals surface area (Å²) in [6.07, 6.45) is 1.16. The van der Waals surface area contributed by atoms with Crippen LogP contribution in [0.4, 0.5) is 4.39 Å². The molecule has 1 rings (SSSR count). The van der Waals surface area contributed by atoms with E-state index in [0.717, 1.165) is 12.3 Å². The highest BCUT2D eigenvalue weighted by atomic mass is 35.5. The Hall–Kier alpha value is -2.18. The number of carbonyl (C=O) groups is 1. The number of hydrogen-bond donors (Lipinski definition) is 0. The average molecular weight is 281 g/mol. The molecule has 0 spiro atoms. The van der Waals surface area contributed by atoms with Gasteiger partial charge in [0.25, 0.3) is 5.91 Å². The van der Waals surface area contributed by atoms with E-state index in [1.807, 2.05) is 12.1 Å². The van der Waals surface area contributed by atoms with Gasteiger partial charge in [0, 0.05) is 13.1 Å². The van der Waals surface area contributed by atoms with Crippen LogP contribution in [0.2, 0.25) is 5.15 Å². The van der Waals surface area contributed by atoms with Crippen LogP contribution >= 0.6 is 11.6 Å². The molecule has 0 fully saturated rings. The standard InChI is InChI=1S/C12H10ClFN4O/c13-11-10(7-9(14)8-17-11)12(19)18(5-1-3-15)6-2-4-16/h7-8H,1-2,5-6H2. The number of halogens is 2. The molecule has 0 aliphatic rings. The Bertz CT molecular complexity index is 532. The van der Waals surface area contributed by atoms with Crippen LogP contribution in [0.1, 0.15) is 23.2 Å². The molecule has 7 heteroatoms. The van der Waals surface area contributed by atoms with Crippen molar-refractivity contribution in [3.8, 4) is 12.1 Å². The van der Waals surface area contributed by atoms with Crippen molar-refractivity contribution in [3.05, 3.63) is 28.8 Å². The van der Waals surface area contributed by atoms with E-state index >= 15 is 0 Å². The minimum atomic E-state index is -0.673. The number of hydrogen-bond acceptors (Lipinski definition) is 4. The van der Waals surface area contributed by atoms with Gasteiger partial charge in [-0.3, -0.25) is 4.79 Å². The first-order chi connectivity index (χ1) is 9.10. The second-order valence-electron chi connectivity index (χ2n) is 3.60. The Morgan fingerprint density at radius 3 is 2.47 bits per heavy atom. The Balaban J connectivity index is 2.94. The summed E-state index contributed by atoms with van der Waals surface area (Å²) in [5.74, 6) is -1.21. The molecule has 0 saturated heterocycles. The van der Waals surface area contributed by atoms with Crippen molar-refractivity contribution >= 4 is 17.5 Å². The normalized spacial score (nSPS) is 9.47. The Morgan fingerprint density at radius 1 is 1.37 bits per heavy atom. The van der Waals surface area contributed by atoms with E-state index in [2.05, 4.69) is 4.98 Å². The summed E-state index contributed by atoms with van der Waals surface area (Å²) >= 11 is 5.75. The summed E-state index contributed by atoms with van der Waals surface area (Å²) < 4.78 is 13.1. The summed E-state index contributed by atoms with van der Waals surface area (Å²) in [5, 5.41) is 17.0. The van der Waals surface area contributed by atoms with Gasteiger partial charge in [0.2, 0.25) is 0 Å². The molecule has 98 valence electrons. The quantitative estimate of drug-likeness (QED) is 0.774. The lowest BCUT2D eigenvalue weighted by Crippen LogP contribution is -2.33. The molecule has 0 N–H and O–H groups in total. The topological polar surface area (TPSA) is 80.8 Å². The predicted molar refractivity (Wildman–Crippen MR) is 65.6 cm³/mol. The van der Waals surface area contributed by atoms with Crippen LogP contribution in [0.15, 0.2) is 12.3 Å². The maximum absolute atomic E-state index is 13.1. The lowest BCUT2D eigenvalue weighted by molar-refractivity contribution is 0.0761. The molecular weight excluding hydrogens is 271 g/mol. The van der Waals surface area contributed by atoms with Gasteiger partial charge < -0.3 is 4.90 Å². The number of pyridine rings is 1. The number of rotatable bonds is 5. The van der Waals surface area contributed by atoms with E-state index in [1.165, 1.54) is 4.90 Å². The fourth-order valence-electron chi connectivity index (χ4n) is 1.43. The highest BCUT2D eigenvalue weighted by molar-refractivity contribution is 6.32. The van der Waals surface area contributed by atoms with E-state index in [9.17, 15) is 9.18 Å². The molecule has 0 radical (unpaired) electrons. The van der Waals surface area contributed by atoms with Crippen molar-refractivity contribution in [2.24, 2.45) is 0 Å². The molecule has 1 aromatic heterocycles. The number of nitrogens with zero attached hydrogens (tertiary/aromatic N) is 4. The van der Waals surface area contributed by atoms with E-state index in [4.69, 9.17) is 22.1 Å². The molecule has 5 nitrogen and oxygen atoms in total. The van der Waals surface area contributed by atoms with Gasteiger partial charge in [-0.2, -0.15) is 10.5 Å². The van der Waals surface area contributed by atoms with Gasteiger partial charge >= 0.3 is 0 Å². The zero-order valence-corrected chi connectivity index (χ0v) is 10.7. The first-order valence-corrected chi connectivity index (χ1v) is 5.82. The fourth-order valence-corrected chi connectivity index (χ4v) is 1.61. The molecule has 0 atom stereocenters. The van der Waals surface area contributed by atoms with Crippen molar-refractivity contribution in [3.63, 3.8) is 0 Å². The maximum Gasteiger partial charge on any atom is 0.257 e. The van der Waals surface area contributed by atoms with Crippen molar-refractivity contribution in [1.29, 1.82) is 10.5 Å². The summed E-state index contributed by atoms with van der Waals surface area (Å²) in [5.41, 5.74) is -0.0717. The molecule has 19 heavy (non-hydrogen) atoms.